The molecule has 0 unspecified atom stereocenters. The van der Waals surface area contributed by atoms with Gasteiger partial charge in [-0.15, -0.1) is 0 Å². The summed E-state index contributed by atoms with van der Waals surface area (Å²) in [5.74, 6) is -0.592. The fraction of sp³-hybridized carbons (Fsp3) is 0.0588. The van der Waals surface area contributed by atoms with E-state index in [0.717, 1.165) is 5.69 Å². The van der Waals surface area contributed by atoms with Gasteiger partial charge in [0.05, 0.1) is 0 Å². The molecule has 4 heteroatoms. The first-order chi connectivity index (χ1) is 10.1. The third kappa shape index (κ3) is 4.11. The highest BCUT2D eigenvalue weighted by Gasteiger charge is 2.01. The summed E-state index contributed by atoms with van der Waals surface area (Å²) < 4.78 is 12.7. The second-order valence-corrected chi connectivity index (χ2v) is 4.48. The first-order valence-electron chi connectivity index (χ1n) is 6.40. The number of nitrogens with one attached hydrogen (secondary N) is 1. The van der Waals surface area contributed by atoms with E-state index in [0.29, 0.717) is 11.1 Å². The molecular weight excluding hydrogens is 269 g/mol. The minimum atomic E-state index is -0.376. The van der Waals surface area contributed by atoms with Crippen LogP contribution in [0.2, 0.25) is 0 Å². The summed E-state index contributed by atoms with van der Waals surface area (Å²) in [4.78, 5) is 22.9. The first kappa shape index (κ1) is 14.7. The standard InChI is InChI=1S/C17H14FNO2/c1-12(20)13-4-8-16(9-5-13)19-11-10-17(21)14-2-6-15(18)7-3-14/h2-11,19H,1H3/b11-10-. The molecule has 0 saturated heterocycles. The zero-order chi connectivity index (χ0) is 15.2. The number of carbonyl (C=O) groups is 2. The average molecular weight is 283 g/mol. The van der Waals surface area contributed by atoms with Crippen molar-refractivity contribution in [1.29, 1.82) is 0 Å². The predicted molar refractivity (Wildman–Crippen MR) is 79.9 cm³/mol. The summed E-state index contributed by atoms with van der Waals surface area (Å²) in [7, 11) is 0. The minimum absolute atomic E-state index is 0.00331. The Balaban J connectivity index is 1.97. The lowest BCUT2D eigenvalue weighted by Gasteiger charge is -2.01. The summed E-state index contributed by atoms with van der Waals surface area (Å²) in [5, 5.41) is 2.94. The van der Waals surface area contributed by atoms with Gasteiger partial charge in [0.1, 0.15) is 5.82 Å². The molecule has 3 nitrogen and oxygen atoms in total. The molecule has 0 aliphatic heterocycles. The van der Waals surface area contributed by atoms with E-state index in [2.05, 4.69) is 5.32 Å². The molecule has 0 amide bonds. The Morgan fingerprint density at radius 1 is 0.952 bits per heavy atom. The van der Waals surface area contributed by atoms with E-state index in [1.807, 2.05) is 0 Å². The van der Waals surface area contributed by atoms with E-state index in [9.17, 15) is 14.0 Å². The second-order valence-electron chi connectivity index (χ2n) is 4.48. The third-order valence-corrected chi connectivity index (χ3v) is 2.90. The number of allylic oxidation sites excluding steroid dienone is 1. The molecule has 2 aromatic rings. The molecule has 0 saturated carbocycles. The maximum atomic E-state index is 12.7. The molecule has 106 valence electrons. The molecule has 0 spiro atoms. The Morgan fingerprint density at radius 2 is 1.52 bits per heavy atom. The van der Waals surface area contributed by atoms with E-state index in [1.54, 1.807) is 24.3 Å². The van der Waals surface area contributed by atoms with Crippen LogP contribution in [-0.2, 0) is 0 Å². The Kier molecular flexibility index (Phi) is 4.61. The van der Waals surface area contributed by atoms with Crippen molar-refractivity contribution in [3.8, 4) is 0 Å². The number of hydrogen-bond acceptors (Lipinski definition) is 3. The lowest BCUT2D eigenvalue weighted by Crippen LogP contribution is -1.97. The monoisotopic (exact) mass is 283 g/mol. The van der Waals surface area contributed by atoms with E-state index in [4.69, 9.17) is 0 Å². The third-order valence-electron chi connectivity index (χ3n) is 2.90. The molecule has 0 bridgehead atoms. The molecule has 0 fully saturated rings. The highest BCUT2D eigenvalue weighted by molar-refractivity contribution is 6.04. The summed E-state index contributed by atoms with van der Waals surface area (Å²) in [5.41, 5.74) is 1.82. The van der Waals surface area contributed by atoms with Crippen molar-refractivity contribution in [1.82, 2.24) is 0 Å². The fourth-order valence-electron chi connectivity index (χ4n) is 1.73. The number of halogens is 1. The van der Waals surface area contributed by atoms with Crippen LogP contribution >= 0.6 is 0 Å². The van der Waals surface area contributed by atoms with Crippen LogP contribution in [0.1, 0.15) is 27.6 Å². The van der Waals surface area contributed by atoms with Crippen LogP contribution in [0.3, 0.4) is 0 Å². The number of carbonyl (C=O) groups excluding carboxylic acids is 2. The van der Waals surface area contributed by atoms with E-state index in [-0.39, 0.29) is 17.4 Å². The predicted octanol–water partition coefficient (Wildman–Crippen LogP) is 3.84. The van der Waals surface area contributed by atoms with Gasteiger partial charge in [-0.1, -0.05) is 0 Å². The lowest BCUT2D eigenvalue weighted by molar-refractivity contribution is 0.101. The van der Waals surface area contributed by atoms with Crippen LogP contribution in [0.25, 0.3) is 0 Å². The summed E-state index contributed by atoms with van der Waals surface area (Å²) in [6, 6.07) is 12.3. The van der Waals surface area contributed by atoms with Gasteiger partial charge in [0.15, 0.2) is 11.6 Å². The molecule has 0 heterocycles. The molecule has 0 atom stereocenters. The molecule has 2 rings (SSSR count). The number of Topliss-reactive ketones (excluding diaryl/α,β-unsaturated/α-hetero) is 1. The first-order valence-corrected chi connectivity index (χ1v) is 6.40. The number of hydrogen-bond donors (Lipinski definition) is 1. The summed E-state index contributed by atoms with van der Waals surface area (Å²) in [6.45, 7) is 1.50. The van der Waals surface area contributed by atoms with Gasteiger partial charge in [0.2, 0.25) is 0 Å². The molecular formula is C17H14FNO2. The van der Waals surface area contributed by atoms with E-state index >= 15 is 0 Å². The van der Waals surface area contributed by atoms with E-state index in [1.165, 1.54) is 43.5 Å². The van der Waals surface area contributed by atoms with Crippen molar-refractivity contribution < 1.29 is 14.0 Å². The summed E-state index contributed by atoms with van der Waals surface area (Å²) >= 11 is 0. The highest BCUT2D eigenvalue weighted by Crippen LogP contribution is 2.10. The molecule has 1 N–H and O–H groups in total. The Hall–Kier alpha value is -2.75. The van der Waals surface area contributed by atoms with Crippen molar-refractivity contribution in [2.24, 2.45) is 0 Å². The van der Waals surface area contributed by atoms with Crippen LogP contribution in [0.15, 0.2) is 60.8 Å². The van der Waals surface area contributed by atoms with Crippen molar-refractivity contribution in [3.63, 3.8) is 0 Å². The molecule has 0 aliphatic rings. The molecule has 2 aromatic carbocycles. The molecule has 21 heavy (non-hydrogen) atoms. The van der Waals surface area contributed by atoms with Crippen molar-refractivity contribution in [3.05, 3.63) is 77.8 Å². The SMILES string of the molecule is CC(=O)c1ccc(N/C=C\C(=O)c2ccc(F)cc2)cc1. The number of anilines is 1. The van der Waals surface area contributed by atoms with Crippen molar-refractivity contribution in [2.45, 2.75) is 6.92 Å². The van der Waals surface area contributed by atoms with Gasteiger partial charge in [-0.2, -0.15) is 0 Å². The van der Waals surface area contributed by atoms with Gasteiger partial charge in [-0.3, -0.25) is 9.59 Å². The fourth-order valence-corrected chi connectivity index (χ4v) is 1.73. The largest absolute Gasteiger partial charge is 0.362 e. The zero-order valence-electron chi connectivity index (χ0n) is 11.5. The quantitative estimate of drug-likeness (QED) is 0.670. The molecule has 0 aliphatic carbocycles. The number of benzene rings is 2. The maximum Gasteiger partial charge on any atom is 0.187 e. The number of ketones is 2. The zero-order valence-corrected chi connectivity index (χ0v) is 11.5. The van der Waals surface area contributed by atoms with Crippen molar-refractivity contribution in [2.75, 3.05) is 5.32 Å². The summed E-state index contributed by atoms with van der Waals surface area (Å²) in [6.07, 6.45) is 2.88. The highest BCUT2D eigenvalue weighted by atomic mass is 19.1. The van der Waals surface area contributed by atoms with Crippen molar-refractivity contribution >= 4 is 17.3 Å². The second kappa shape index (κ2) is 6.61. The number of rotatable bonds is 5. The van der Waals surface area contributed by atoms with Gasteiger partial charge >= 0.3 is 0 Å². The van der Waals surface area contributed by atoms with Gasteiger partial charge in [-0.25, -0.2) is 4.39 Å². The van der Waals surface area contributed by atoms with Gasteiger partial charge in [0.25, 0.3) is 0 Å². The topological polar surface area (TPSA) is 46.2 Å². The van der Waals surface area contributed by atoms with Crippen LogP contribution in [0.4, 0.5) is 10.1 Å². The van der Waals surface area contributed by atoms with Crippen LogP contribution in [0.5, 0.6) is 0 Å². The molecule has 0 aromatic heterocycles. The van der Waals surface area contributed by atoms with Gasteiger partial charge in [0, 0.05) is 29.1 Å². The maximum absolute atomic E-state index is 12.7. The Bertz CT molecular complexity index is 673. The van der Waals surface area contributed by atoms with Crippen LogP contribution in [0, 0.1) is 5.82 Å². The van der Waals surface area contributed by atoms with E-state index < -0.39 is 0 Å². The smallest absolute Gasteiger partial charge is 0.187 e. The Morgan fingerprint density at radius 3 is 2.10 bits per heavy atom. The van der Waals surface area contributed by atoms with Crippen LogP contribution < -0.4 is 5.32 Å². The average Bonchev–Trinajstić information content (AvgIpc) is 2.48. The van der Waals surface area contributed by atoms with Gasteiger partial charge < -0.3 is 5.32 Å². The van der Waals surface area contributed by atoms with Crippen LogP contribution in [-0.4, -0.2) is 11.6 Å². The normalized spacial score (nSPS) is 10.6. The van der Waals surface area contributed by atoms with Gasteiger partial charge in [-0.05, 0) is 55.5 Å². The lowest BCUT2D eigenvalue weighted by atomic mass is 10.1. The minimum Gasteiger partial charge on any atom is -0.362 e. The molecule has 0 radical (unpaired) electrons. The Labute approximate surface area is 122 Å².